The zero-order valence-electron chi connectivity index (χ0n) is 10.7. The third kappa shape index (κ3) is 4.05. The molecular weight excluding hydrogens is 274 g/mol. The number of sulfonamides is 1. The largest absolute Gasteiger partial charge is 0.475 e. The SMILES string of the molecule is Cc1oc(C(=O)O)cc1S(=O)(=O)NC(C)CCCO. The molecule has 0 saturated heterocycles. The molecule has 3 N–H and O–H groups in total. The van der Waals surface area contributed by atoms with Crippen LogP contribution in [0.4, 0.5) is 0 Å². The molecule has 1 aromatic rings. The summed E-state index contributed by atoms with van der Waals surface area (Å²) in [4.78, 5) is 10.5. The van der Waals surface area contributed by atoms with Gasteiger partial charge in [0.2, 0.25) is 15.8 Å². The Balaban J connectivity index is 2.91. The van der Waals surface area contributed by atoms with E-state index in [-0.39, 0.29) is 23.3 Å². The lowest BCUT2D eigenvalue weighted by Crippen LogP contribution is -2.32. The van der Waals surface area contributed by atoms with Crippen LogP contribution >= 0.6 is 0 Å². The van der Waals surface area contributed by atoms with Gasteiger partial charge in [0.05, 0.1) is 0 Å². The molecule has 0 bridgehead atoms. The maximum Gasteiger partial charge on any atom is 0.371 e. The number of carbonyl (C=O) groups is 1. The molecule has 0 aromatic carbocycles. The normalized spacial score (nSPS) is 13.4. The second kappa shape index (κ2) is 6.18. The predicted molar refractivity (Wildman–Crippen MR) is 66.5 cm³/mol. The lowest BCUT2D eigenvalue weighted by Gasteiger charge is -2.12. The van der Waals surface area contributed by atoms with E-state index >= 15 is 0 Å². The number of aliphatic hydroxyl groups is 1. The lowest BCUT2D eigenvalue weighted by molar-refractivity contribution is 0.0661. The molecule has 0 aliphatic heterocycles. The molecule has 7 nitrogen and oxygen atoms in total. The monoisotopic (exact) mass is 291 g/mol. The third-order valence-electron chi connectivity index (χ3n) is 2.52. The van der Waals surface area contributed by atoms with Gasteiger partial charge in [-0.15, -0.1) is 0 Å². The summed E-state index contributed by atoms with van der Waals surface area (Å²) in [6.07, 6.45) is 0.965. The van der Waals surface area contributed by atoms with Crippen LogP contribution < -0.4 is 4.72 Å². The maximum absolute atomic E-state index is 12.0. The van der Waals surface area contributed by atoms with E-state index in [9.17, 15) is 13.2 Å². The highest BCUT2D eigenvalue weighted by molar-refractivity contribution is 7.89. The van der Waals surface area contributed by atoms with Gasteiger partial charge in [0.15, 0.2) is 0 Å². The molecule has 0 radical (unpaired) electrons. The summed E-state index contributed by atoms with van der Waals surface area (Å²) in [6, 6.07) is 0.624. The molecule has 19 heavy (non-hydrogen) atoms. The van der Waals surface area contributed by atoms with Crippen molar-refractivity contribution in [1.29, 1.82) is 0 Å². The fourth-order valence-electron chi connectivity index (χ4n) is 1.62. The number of carboxylic acid groups (broad SMARTS) is 1. The van der Waals surface area contributed by atoms with Gasteiger partial charge in [-0.05, 0) is 26.7 Å². The van der Waals surface area contributed by atoms with Crippen LogP contribution in [-0.4, -0.2) is 37.2 Å². The summed E-state index contributed by atoms with van der Waals surface area (Å²) >= 11 is 0. The van der Waals surface area contributed by atoms with E-state index in [2.05, 4.69) is 4.72 Å². The number of aromatic carboxylic acids is 1. The minimum atomic E-state index is -3.82. The standard InChI is InChI=1S/C11H17NO6S/c1-7(4-3-5-13)12-19(16,17)10-6-9(11(14)15)18-8(10)2/h6-7,12-13H,3-5H2,1-2H3,(H,14,15). The van der Waals surface area contributed by atoms with E-state index in [1.165, 1.54) is 6.92 Å². The molecule has 108 valence electrons. The van der Waals surface area contributed by atoms with Crippen LogP contribution in [0.5, 0.6) is 0 Å². The van der Waals surface area contributed by atoms with E-state index in [0.29, 0.717) is 12.8 Å². The smallest absolute Gasteiger partial charge is 0.371 e. The lowest BCUT2D eigenvalue weighted by atomic mass is 10.2. The highest BCUT2D eigenvalue weighted by Gasteiger charge is 2.25. The van der Waals surface area contributed by atoms with E-state index in [0.717, 1.165) is 6.07 Å². The topological polar surface area (TPSA) is 117 Å². The Morgan fingerprint density at radius 2 is 2.16 bits per heavy atom. The number of hydrogen-bond acceptors (Lipinski definition) is 5. The second-order valence-corrected chi connectivity index (χ2v) is 5.91. The molecule has 0 saturated carbocycles. The van der Waals surface area contributed by atoms with Crippen molar-refractivity contribution in [3.63, 3.8) is 0 Å². The number of furan rings is 1. The maximum atomic E-state index is 12.0. The average Bonchev–Trinajstić information content (AvgIpc) is 2.69. The van der Waals surface area contributed by atoms with E-state index in [4.69, 9.17) is 14.6 Å². The van der Waals surface area contributed by atoms with E-state index in [1.54, 1.807) is 6.92 Å². The first kappa shape index (κ1) is 15.7. The summed E-state index contributed by atoms with van der Waals surface area (Å²) in [7, 11) is -3.82. The molecule has 1 unspecified atom stereocenters. The van der Waals surface area contributed by atoms with Crippen LogP contribution in [-0.2, 0) is 10.0 Å². The van der Waals surface area contributed by atoms with Crippen molar-refractivity contribution in [3.05, 3.63) is 17.6 Å². The summed E-state index contributed by atoms with van der Waals surface area (Å²) in [5.74, 6) is -1.71. The number of aliphatic hydroxyl groups excluding tert-OH is 1. The van der Waals surface area contributed by atoms with Crippen molar-refractivity contribution in [2.45, 2.75) is 37.6 Å². The Labute approximate surface area is 111 Å². The molecule has 1 aromatic heterocycles. The first-order valence-electron chi connectivity index (χ1n) is 5.75. The van der Waals surface area contributed by atoms with Crippen LogP contribution in [0.25, 0.3) is 0 Å². The molecule has 1 rings (SSSR count). The fraction of sp³-hybridized carbons (Fsp3) is 0.545. The molecule has 1 heterocycles. The minimum absolute atomic E-state index is 0.0139. The Morgan fingerprint density at radius 1 is 1.53 bits per heavy atom. The highest BCUT2D eigenvalue weighted by atomic mass is 32.2. The van der Waals surface area contributed by atoms with Crippen molar-refractivity contribution in [3.8, 4) is 0 Å². The van der Waals surface area contributed by atoms with Crippen LogP contribution in [0.1, 0.15) is 36.1 Å². The number of hydrogen-bond donors (Lipinski definition) is 3. The average molecular weight is 291 g/mol. The Morgan fingerprint density at radius 3 is 2.63 bits per heavy atom. The molecular formula is C11H17NO6S. The van der Waals surface area contributed by atoms with Crippen LogP contribution in [0, 0.1) is 6.92 Å². The quantitative estimate of drug-likeness (QED) is 0.681. The third-order valence-corrected chi connectivity index (χ3v) is 4.22. The first-order chi connectivity index (χ1) is 8.77. The van der Waals surface area contributed by atoms with Crippen molar-refractivity contribution in [2.24, 2.45) is 0 Å². The van der Waals surface area contributed by atoms with Gasteiger partial charge >= 0.3 is 5.97 Å². The Hall–Kier alpha value is -1.38. The van der Waals surface area contributed by atoms with Gasteiger partial charge < -0.3 is 14.6 Å². The van der Waals surface area contributed by atoms with Gasteiger partial charge in [-0.3, -0.25) is 0 Å². The van der Waals surface area contributed by atoms with Crippen LogP contribution in [0.3, 0.4) is 0 Å². The highest BCUT2D eigenvalue weighted by Crippen LogP contribution is 2.20. The van der Waals surface area contributed by atoms with Gasteiger partial charge in [-0.2, -0.15) is 0 Å². The summed E-state index contributed by atoms with van der Waals surface area (Å²) in [6.45, 7) is 3.04. The molecule has 8 heteroatoms. The summed E-state index contributed by atoms with van der Waals surface area (Å²) in [5, 5.41) is 17.4. The zero-order valence-corrected chi connectivity index (χ0v) is 11.5. The second-order valence-electron chi connectivity index (χ2n) is 4.22. The van der Waals surface area contributed by atoms with Gasteiger partial charge in [-0.1, -0.05) is 0 Å². The minimum Gasteiger partial charge on any atom is -0.475 e. The van der Waals surface area contributed by atoms with E-state index < -0.39 is 21.8 Å². The molecule has 0 aliphatic carbocycles. The summed E-state index contributed by atoms with van der Waals surface area (Å²) in [5.41, 5.74) is 0. The fourth-order valence-corrected chi connectivity index (χ4v) is 3.08. The van der Waals surface area contributed by atoms with Gasteiger partial charge in [0, 0.05) is 18.7 Å². The van der Waals surface area contributed by atoms with Crippen LogP contribution in [0.2, 0.25) is 0 Å². The van der Waals surface area contributed by atoms with Crippen molar-refractivity contribution >= 4 is 16.0 Å². The number of carboxylic acids is 1. The Bertz CT molecular complexity index is 548. The number of aryl methyl sites for hydroxylation is 1. The molecule has 0 amide bonds. The van der Waals surface area contributed by atoms with Crippen molar-refractivity contribution in [1.82, 2.24) is 4.72 Å². The molecule has 0 spiro atoms. The zero-order chi connectivity index (χ0) is 14.6. The van der Waals surface area contributed by atoms with Crippen LogP contribution in [0.15, 0.2) is 15.4 Å². The molecule has 1 atom stereocenters. The Kier molecular flexibility index (Phi) is 5.10. The van der Waals surface area contributed by atoms with Crippen molar-refractivity contribution < 1.29 is 27.8 Å². The van der Waals surface area contributed by atoms with Gasteiger partial charge in [-0.25, -0.2) is 17.9 Å². The molecule has 0 fully saturated rings. The number of rotatable bonds is 7. The molecule has 0 aliphatic rings. The summed E-state index contributed by atoms with van der Waals surface area (Å²) < 4.78 is 31.3. The van der Waals surface area contributed by atoms with Gasteiger partial charge in [0.1, 0.15) is 10.7 Å². The predicted octanol–water partition coefficient (Wildman–Crippen LogP) is 0.726. The number of nitrogens with one attached hydrogen (secondary N) is 1. The van der Waals surface area contributed by atoms with E-state index in [1.807, 2.05) is 0 Å². The first-order valence-corrected chi connectivity index (χ1v) is 7.23. The van der Waals surface area contributed by atoms with Crippen molar-refractivity contribution in [2.75, 3.05) is 6.61 Å². The van der Waals surface area contributed by atoms with Gasteiger partial charge in [0.25, 0.3) is 0 Å².